The van der Waals surface area contributed by atoms with Crippen LogP contribution in [0.1, 0.15) is 44.4 Å². The highest BCUT2D eigenvalue weighted by Crippen LogP contribution is 2.45. The summed E-state index contributed by atoms with van der Waals surface area (Å²) >= 11 is 0. The third-order valence-corrected chi connectivity index (χ3v) is 5.47. The average molecular weight is 371 g/mol. The van der Waals surface area contributed by atoms with Gasteiger partial charge in [0, 0.05) is 24.0 Å². The van der Waals surface area contributed by atoms with Gasteiger partial charge in [0.15, 0.2) is 0 Å². The second-order valence-corrected chi connectivity index (χ2v) is 7.62. The van der Waals surface area contributed by atoms with Crippen molar-refractivity contribution in [3.8, 4) is 5.75 Å². The van der Waals surface area contributed by atoms with Gasteiger partial charge in [-0.25, -0.2) is 0 Å². The number of hydrogen-bond acceptors (Lipinski definition) is 4. The molecular formula is C22H29NO4. The first-order valence-corrected chi connectivity index (χ1v) is 9.58. The molecule has 1 fully saturated rings. The second-order valence-electron chi connectivity index (χ2n) is 7.62. The lowest BCUT2D eigenvalue weighted by Gasteiger charge is -2.43. The quantitative estimate of drug-likeness (QED) is 0.797. The van der Waals surface area contributed by atoms with Crippen LogP contribution in [-0.4, -0.2) is 25.7 Å². The molecular weight excluding hydrogens is 342 g/mol. The number of amides is 1. The second kappa shape index (κ2) is 8.61. The summed E-state index contributed by atoms with van der Waals surface area (Å²) in [5, 5.41) is 2.99. The Morgan fingerprint density at radius 3 is 2.81 bits per heavy atom. The average Bonchev–Trinajstić information content (AvgIpc) is 3.20. The number of rotatable bonds is 7. The lowest BCUT2D eigenvalue weighted by atomic mass is 9.68. The van der Waals surface area contributed by atoms with E-state index in [0.717, 1.165) is 29.9 Å². The Bertz CT molecular complexity index is 741. The van der Waals surface area contributed by atoms with E-state index in [4.69, 9.17) is 13.9 Å². The van der Waals surface area contributed by atoms with E-state index in [2.05, 4.69) is 25.2 Å². The summed E-state index contributed by atoms with van der Waals surface area (Å²) < 4.78 is 16.9. The van der Waals surface area contributed by atoms with Crippen molar-refractivity contribution in [2.45, 2.75) is 51.2 Å². The third kappa shape index (κ3) is 4.53. The third-order valence-electron chi connectivity index (χ3n) is 5.47. The number of hydrogen-bond donors (Lipinski definition) is 1. The van der Waals surface area contributed by atoms with Crippen LogP contribution in [0.25, 0.3) is 0 Å². The maximum absolute atomic E-state index is 12.8. The van der Waals surface area contributed by atoms with E-state index in [1.54, 1.807) is 13.4 Å². The van der Waals surface area contributed by atoms with Crippen LogP contribution in [-0.2, 0) is 21.5 Å². The highest BCUT2D eigenvalue weighted by molar-refractivity contribution is 5.78. The van der Waals surface area contributed by atoms with E-state index in [0.29, 0.717) is 25.5 Å². The molecule has 0 bridgehead atoms. The van der Waals surface area contributed by atoms with Crippen molar-refractivity contribution in [2.75, 3.05) is 13.7 Å². The minimum Gasteiger partial charge on any atom is -0.496 e. The molecule has 146 valence electrons. The van der Waals surface area contributed by atoms with Crippen LogP contribution in [0.2, 0.25) is 0 Å². The highest BCUT2D eigenvalue weighted by atomic mass is 16.5. The summed E-state index contributed by atoms with van der Waals surface area (Å²) in [6.07, 6.45) is 3.75. The van der Waals surface area contributed by atoms with E-state index in [1.807, 2.05) is 30.3 Å². The molecule has 3 rings (SSSR count). The number of ether oxygens (including phenoxy) is 2. The number of carbonyl (C=O) groups is 1. The van der Waals surface area contributed by atoms with Gasteiger partial charge >= 0.3 is 0 Å². The highest BCUT2D eigenvalue weighted by Gasteiger charge is 2.42. The van der Waals surface area contributed by atoms with E-state index in [9.17, 15) is 4.79 Å². The predicted molar refractivity (Wildman–Crippen MR) is 104 cm³/mol. The first-order chi connectivity index (χ1) is 13.0. The van der Waals surface area contributed by atoms with Gasteiger partial charge < -0.3 is 19.2 Å². The van der Waals surface area contributed by atoms with Gasteiger partial charge in [-0.2, -0.15) is 0 Å². The van der Waals surface area contributed by atoms with Crippen molar-refractivity contribution in [2.24, 2.45) is 5.92 Å². The van der Waals surface area contributed by atoms with Crippen LogP contribution in [0, 0.1) is 5.92 Å². The van der Waals surface area contributed by atoms with E-state index in [1.165, 1.54) is 0 Å². The molecule has 1 aliphatic heterocycles. The molecule has 1 aromatic carbocycles. The van der Waals surface area contributed by atoms with Crippen molar-refractivity contribution in [3.05, 3.63) is 54.0 Å². The Balaban J connectivity index is 1.84. The Labute approximate surface area is 161 Å². The molecule has 2 atom stereocenters. The van der Waals surface area contributed by atoms with Crippen LogP contribution in [0.5, 0.6) is 5.75 Å². The van der Waals surface area contributed by atoms with Crippen LogP contribution in [0.15, 0.2) is 47.1 Å². The SMILES string of the molecule is COc1ccccc1C1(CC(=O)NCc2ccco2)CCOC(C(C)C)C1. The van der Waals surface area contributed by atoms with Crippen molar-refractivity contribution < 1.29 is 18.7 Å². The molecule has 2 heterocycles. The Morgan fingerprint density at radius 1 is 1.30 bits per heavy atom. The van der Waals surface area contributed by atoms with Gasteiger partial charge in [0.1, 0.15) is 11.5 Å². The van der Waals surface area contributed by atoms with Crippen molar-refractivity contribution in [3.63, 3.8) is 0 Å². The zero-order valence-electron chi connectivity index (χ0n) is 16.4. The summed E-state index contributed by atoms with van der Waals surface area (Å²) in [4.78, 5) is 12.8. The van der Waals surface area contributed by atoms with Crippen molar-refractivity contribution in [1.82, 2.24) is 5.32 Å². The zero-order valence-corrected chi connectivity index (χ0v) is 16.4. The Hall–Kier alpha value is -2.27. The largest absolute Gasteiger partial charge is 0.496 e. The van der Waals surface area contributed by atoms with Gasteiger partial charge in [-0.15, -0.1) is 0 Å². The Kier molecular flexibility index (Phi) is 6.22. The van der Waals surface area contributed by atoms with Gasteiger partial charge in [0.2, 0.25) is 5.91 Å². The lowest BCUT2D eigenvalue weighted by molar-refractivity contribution is -0.125. The molecule has 5 heteroatoms. The number of nitrogens with one attached hydrogen (secondary N) is 1. The number of furan rings is 1. The number of benzene rings is 1. The van der Waals surface area contributed by atoms with Crippen molar-refractivity contribution in [1.29, 1.82) is 0 Å². The summed E-state index contributed by atoms with van der Waals surface area (Å²) in [5.74, 6) is 2.00. The smallest absolute Gasteiger partial charge is 0.221 e. The normalized spacial score (nSPS) is 22.6. The molecule has 27 heavy (non-hydrogen) atoms. The van der Waals surface area contributed by atoms with Gasteiger partial charge in [0.25, 0.3) is 0 Å². The summed E-state index contributed by atoms with van der Waals surface area (Å²) in [7, 11) is 1.68. The van der Waals surface area contributed by atoms with Crippen LogP contribution in [0.4, 0.5) is 0 Å². The summed E-state index contributed by atoms with van der Waals surface area (Å²) in [5.41, 5.74) is 0.794. The molecule has 0 radical (unpaired) electrons. The first-order valence-electron chi connectivity index (χ1n) is 9.58. The molecule has 1 aliphatic rings. The molecule has 0 spiro atoms. The molecule has 1 aromatic heterocycles. The fourth-order valence-electron chi connectivity index (χ4n) is 3.93. The maximum Gasteiger partial charge on any atom is 0.221 e. The van der Waals surface area contributed by atoms with E-state index < -0.39 is 0 Å². The summed E-state index contributed by atoms with van der Waals surface area (Å²) in [6, 6.07) is 11.7. The molecule has 1 amide bonds. The van der Waals surface area contributed by atoms with Crippen molar-refractivity contribution >= 4 is 5.91 Å². The van der Waals surface area contributed by atoms with E-state index in [-0.39, 0.29) is 17.4 Å². The molecule has 2 aromatic rings. The molecule has 0 saturated carbocycles. The van der Waals surface area contributed by atoms with Crippen LogP contribution >= 0.6 is 0 Å². The molecule has 0 aliphatic carbocycles. The molecule has 2 unspecified atom stereocenters. The topological polar surface area (TPSA) is 60.7 Å². The summed E-state index contributed by atoms with van der Waals surface area (Å²) in [6.45, 7) is 5.38. The van der Waals surface area contributed by atoms with Crippen LogP contribution < -0.4 is 10.1 Å². The molecule has 1 N–H and O–H groups in total. The minimum atomic E-state index is -0.299. The number of methoxy groups -OCH3 is 1. The standard InChI is InChI=1S/C22H29NO4/c1-16(2)20-13-22(10-12-27-20,18-8-4-5-9-19(18)25-3)14-21(24)23-15-17-7-6-11-26-17/h4-9,11,16,20H,10,12-15H2,1-3H3,(H,23,24). The Morgan fingerprint density at radius 2 is 2.11 bits per heavy atom. The zero-order chi connectivity index (χ0) is 19.3. The van der Waals surface area contributed by atoms with Crippen LogP contribution in [0.3, 0.4) is 0 Å². The minimum absolute atomic E-state index is 0.0155. The van der Waals surface area contributed by atoms with Gasteiger partial charge in [-0.3, -0.25) is 4.79 Å². The fraction of sp³-hybridized carbons (Fsp3) is 0.500. The number of carbonyl (C=O) groups excluding carboxylic acids is 1. The number of para-hydroxylation sites is 1. The van der Waals surface area contributed by atoms with Gasteiger partial charge in [0.05, 0.1) is 26.0 Å². The fourth-order valence-corrected chi connectivity index (χ4v) is 3.93. The molecule has 1 saturated heterocycles. The van der Waals surface area contributed by atoms with Gasteiger partial charge in [-0.05, 0) is 37.0 Å². The van der Waals surface area contributed by atoms with E-state index >= 15 is 0 Å². The maximum atomic E-state index is 12.8. The first kappa shape index (κ1) is 19.5. The predicted octanol–water partition coefficient (Wildman–Crippen LogP) is 4.07. The lowest BCUT2D eigenvalue weighted by Crippen LogP contribution is -2.44. The monoisotopic (exact) mass is 371 g/mol. The molecule has 5 nitrogen and oxygen atoms in total. The van der Waals surface area contributed by atoms with Gasteiger partial charge in [-0.1, -0.05) is 32.0 Å².